The van der Waals surface area contributed by atoms with Crippen molar-refractivity contribution >= 4 is 27.0 Å². The standard InChI is InChI=1S/C23H20BrF3N6O3/c24-16-5-19-18(6-17(16)25)32(23(34)33(19)14-3-4-31(9-14)15-10-35-11-15)8-13-2-1-12(7-28-13)21-29-30-22(36-21)20(26)27/h1-2,5-7,14-15,20H,3-4,8-11H2/t14-/m1/s1. The summed E-state index contributed by atoms with van der Waals surface area (Å²) in [4.78, 5) is 20.3. The second kappa shape index (κ2) is 9.12. The van der Waals surface area contributed by atoms with E-state index in [-0.39, 0.29) is 28.6 Å². The van der Waals surface area contributed by atoms with Crippen molar-refractivity contribution in [2.75, 3.05) is 26.3 Å². The third kappa shape index (κ3) is 4.04. The molecule has 9 nitrogen and oxygen atoms in total. The molecule has 2 fully saturated rings. The molecule has 36 heavy (non-hydrogen) atoms. The topological polar surface area (TPSA) is 91.2 Å². The lowest BCUT2D eigenvalue weighted by atomic mass is 10.2. The highest BCUT2D eigenvalue weighted by Gasteiger charge is 2.35. The van der Waals surface area contributed by atoms with Gasteiger partial charge in [-0.25, -0.2) is 9.18 Å². The lowest BCUT2D eigenvalue weighted by Gasteiger charge is -2.34. The van der Waals surface area contributed by atoms with Crippen LogP contribution in [-0.4, -0.2) is 61.6 Å². The fraction of sp³-hybridized carbons (Fsp3) is 0.391. The van der Waals surface area contributed by atoms with E-state index >= 15 is 0 Å². The van der Waals surface area contributed by atoms with Gasteiger partial charge in [0.25, 0.3) is 5.89 Å². The lowest BCUT2D eigenvalue weighted by molar-refractivity contribution is -0.0578. The quantitative estimate of drug-likeness (QED) is 0.352. The van der Waals surface area contributed by atoms with E-state index in [0.717, 1.165) is 19.5 Å². The van der Waals surface area contributed by atoms with E-state index in [2.05, 4.69) is 36.0 Å². The maximum Gasteiger partial charge on any atom is 0.329 e. The smallest absolute Gasteiger partial charge is 0.329 e. The Morgan fingerprint density at radius 1 is 1.14 bits per heavy atom. The van der Waals surface area contributed by atoms with Crippen LogP contribution >= 0.6 is 15.9 Å². The van der Waals surface area contributed by atoms with Gasteiger partial charge in [0, 0.05) is 25.4 Å². The number of likely N-dealkylation sites (tertiary alicyclic amines) is 1. The predicted molar refractivity (Wildman–Crippen MR) is 125 cm³/mol. The van der Waals surface area contributed by atoms with Crippen molar-refractivity contribution < 1.29 is 22.3 Å². The molecular weight excluding hydrogens is 545 g/mol. The Bertz CT molecular complexity index is 1480. The number of nitrogens with zero attached hydrogens (tertiary/aromatic N) is 6. The molecule has 13 heteroatoms. The molecule has 1 atom stereocenters. The number of aromatic nitrogens is 5. The summed E-state index contributed by atoms with van der Waals surface area (Å²) in [6.45, 7) is 3.10. The number of alkyl halides is 2. The number of ether oxygens (including phenoxy) is 1. The summed E-state index contributed by atoms with van der Waals surface area (Å²) in [6.07, 6.45) is -0.644. The van der Waals surface area contributed by atoms with E-state index in [1.807, 2.05) is 0 Å². The Kier molecular flexibility index (Phi) is 5.92. The molecule has 0 amide bonds. The molecule has 0 bridgehead atoms. The summed E-state index contributed by atoms with van der Waals surface area (Å²) in [5.41, 5.74) is 1.76. The van der Waals surface area contributed by atoms with Gasteiger partial charge in [0.1, 0.15) is 5.82 Å². The minimum atomic E-state index is -2.86. The minimum absolute atomic E-state index is 0.0453. The van der Waals surface area contributed by atoms with Gasteiger partial charge in [0.2, 0.25) is 5.89 Å². The number of hydrogen-bond donors (Lipinski definition) is 0. The molecule has 4 aromatic rings. The molecule has 0 unspecified atom stereocenters. The van der Waals surface area contributed by atoms with Crippen LogP contribution in [0.2, 0.25) is 0 Å². The van der Waals surface area contributed by atoms with E-state index in [9.17, 15) is 18.0 Å². The lowest BCUT2D eigenvalue weighted by Crippen LogP contribution is -2.48. The number of hydrogen-bond acceptors (Lipinski definition) is 7. The van der Waals surface area contributed by atoms with Gasteiger partial charge in [-0.1, -0.05) is 0 Å². The zero-order chi connectivity index (χ0) is 25.0. The van der Waals surface area contributed by atoms with E-state index in [4.69, 9.17) is 9.15 Å². The molecule has 2 aliphatic rings. The molecule has 2 saturated heterocycles. The van der Waals surface area contributed by atoms with Crippen LogP contribution in [0.4, 0.5) is 13.2 Å². The Hall–Kier alpha value is -3.03. The molecule has 2 aliphatic heterocycles. The fourth-order valence-electron chi connectivity index (χ4n) is 4.77. The first-order valence-electron chi connectivity index (χ1n) is 11.4. The minimum Gasteiger partial charge on any atom is -0.415 e. The average Bonchev–Trinajstić information content (AvgIpc) is 3.54. The molecule has 0 N–H and O–H groups in total. The van der Waals surface area contributed by atoms with E-state index in [1.54, 1.807) is 22.8 Å². The van der Waals surface area contributed by atoms with Crippen molar-refractivity contribution in [3.05, 3.63) is 62.8 Å². The Morgan fingerprint density at radius 2 is 1.97 bits per heavy atom. The van der Waals surface area contributed by atoms with E-state index in [0.29, 0.717) is 41.5 Å². The highest BCUT2D eigenvalue weighted by molar-refractivity contribution is 9.10. The molecule has 0 aliphatic carbocycles. The molecule has 188 valence electrons. The van der Waals surface area contributed by atoms with Gasteiger partial charge in [-0.05, 0) is 40.5 Å². The second-order valence-electron chi connectivity index (χ2n) is 8.91. The fourth-order valence-corrected chi connectivity index (χ4v) is 5.10. The highest BCUT2D eigenvalue weighted by atomic mass is 79.9. The monoisotopic (exact) mass is 564 g/mol. The van der Waals surface area contributed by atoms with Crippen molar-refractivity contribution in [3.63, 3.8) is 0 Å². The number of pyridine rings is 1. The molecular formula is C23H20BrF3N6O3. The molecule has 0 spiro atoms. The van der Waals surface area contributed by atoms with Crippen LogP contribution in [0.3, 0.4) is 0 Å². The van der Waals surface area contributed by atoms with Crippen LogP contribution in [0.1, 0.15) is 30.5 Å². The maximum absolute atomic E-state index is 14.5. The Labute approximate surface area is 210 Å². The summed E-state index contributed by atoms with van der Waals surface area (Å²) in [6, 6.07) is 6.56. The van der Waals surface area contributed by atoms with Crippen LogP contribution in [0.15, 0.2) is 44.1 Å². The number of imidazole rings is 1. The first-order chi connectivity index (χ1) is 17.4. The van der Waals surface area contributed by atoms with Crippen LogP contribution in [0.5, 0.6) is 0 Å². The zero-order valence-electron chi connectivity index (χ0n) is 18.8. The van der Waals surface area contributed by atoms with Gasteiger partial charge in [-0.15, -0.1) is 10.2 Å². The number of halogens is 4. The summed E-state index contributed by atoms with van der Waals surface area (Å²) >= 11 is 3.25. The van der Waals surface area contributed by atoms with Gasteiger partial charge in [-0.3, -0.25) is 19.0 Å². The van der Waals surface area contributed by atoms with Gasteiger partial charge in [0.15, 0.2) is 0 Å². The molecule has 5 heterocycles. The maximum atomic E-state index is 14.5. The summed E-state index contributed by atoms with van der Waals surface area (Å²) in [5.74, 6) is -1.31. The van der Waals surface area contributed by atoms with Gasteiger partial charge >= 0.3 is 12.1 Å². The summed E-state index contributed by atoms with van der Waals surface area (Å²) < 4.78 is 53.8. The van der Waals surface area contributed by atoms with Gasteiger partial charge in [-0.2, -0.15) is 8.78 Å². The van der Waals surface area contributed by atoms with Crippen molar-refractivity contribution in [1.82, 2.24) is 29.2 Å². The summed E-state index contributed by atoms with van der Waals surface area (Å²) in [7, 11) is 0. The summed E-state index contributed by atoms with van der Waals surface area (Å²) in [5, 5.41) is 6.93. The Balaban J connectivity index is 1.33. The number of fused-ring (bicyclic) bond motifs is 1. The largest absolute Gasteiger partial charge is 0.415 e. The van der Waals surface area contributed by atoms with Crippen LogP contribution in [0, 0.1) is 5.82 Å². The molecule has 0 radical (unpaired) electrons. The van der Waals surface area contributed by atoms with Crippen molar-refractivity contribution in [1.29, 1.82) is 0 Å². The molecule has 0 saturated carbocycles. The molecule has 6 rings (SSSR count). The van der Waals surface area contributed by atoms with Crippen molar-refractivity contribution in [2.24, 2.45) is 0 Å². The first-order valence-corrected chi connectivity index (χ1v) is 12.2. The molecule has 1 aromatic carbocycles. The number of rotatable bonds is 6. The SMILES string of the molecule is O=c1n(Cc2ccc(-c3nnc(C(F)F)o3)cn2)c2cc(F)c(Br)cc2n1[C@@H]1CCN(C2COC2)C1. The third-order valence-electron chi connectivity index (χ3n) is 6.72. The second-order valence-corrected chi connectivity index (χ2v) is 9.76. The van der Waals surface area contributed by atoms with E-state index < -0.39 is 18.1 Å². The molecule has 3 aromatic heterocycles. The number of benzene rings is 1. The normalized spacial score (nSPS) is 19.0. The first kappa shape index (κ1) is 23.4. The third-order valence-corrected chi connectivity index (χ3v) is 7.33. The van der Waals surface area contributed by atoms with Crippen molar-refractivity contribution in [2.45, 2.75) is 31.5 Å². The Morgan fingerprint density at radius 3 is 2.64 bits per heavy atom. The van der Waals surface area contributed by atoms with Gasteiger partial charge < -0.3 is 9.15 Å². The zero-order valence-corrected chi connectivity index (χ0v) is 20.4. The predicted octanol–water partition coefficient (Wildman–Crippen LogP) is 3.78. The van der Waals surface area contributed by atoms with E-state index in [1.165, 1.54) is 16.8 Å². The van der Waals surface area contributed by atoms with Crippen LogP contribution in [0.25, 0.3) is 22.5 Å². The van der Waals surface area contributed by atoms with Crippen LogP contribution < -0.4 is 5.69 Å². The average molecular weight is 565 g/mol. The van der Waals surface area contributed by atoms with Crippen molar-refractivity contribution in [3.8, 4) is 11.5 Å². The highest BCUT2D eigenvalue weighted by Crippen LogP contribution is 2.31. The van der Waals surface area contributed by atoms with Gasteiger partial charge in [0.05, 0.1) is 58.6 Å². The van der Waals surface area contributed by atoms with Crippen LogP contribution in [-0.2, 0) is 11.3 Å².